The lowest BCUT2D eigenvalue weighted by molar-refractivity contribution is -0.603. The Morgan fingerprint density at radius 2 is 2.00 bits per heavy atom. The van der Waals surface area contributed by atoms with Crippen LogP contribution in [0.2, 0.25) is 5.15 Å². The fraction of sp³-hybridized carbons (Fsp3) is 0.0769. The third-order valence-electron chi connectivity index (χ3n) is 2.45. The van der Waals surface area contributed by atoms with E-state index in [0.29, 0.717) is 4.73 Å². The Kier molecular flexibility index (Phi) is 4.41. The lowest BCUT2D eigenvalue weighted by atomic mass is 10.2. The Labute approximate surface area is 127 Å². The van der Waals surface area contributed by atoms with Crippen molar-refractivity contribution in [2.45, 2.75) is 6.36 Å². The zero-order valence-electron chi connectivity index (χ0n) is 10.7. The molecule has 1 aromatic heterocycles. The number of hydrogen-bond acceptors (Lipinski definition) is 3. The first kappa shape index (κ1) is 15.9. The molecule has 2 rings (SSSR count). The number of alkyl halides is 3. The van der Waals surface area contributed by atoms with Crippen LogP contribution in [0.5, 0.6) is 5.75 Å². The van der Waals surface area contributed by atoms with Crippen LogP contribution in [0.4, 0.5) is 18.9 Å². The van der Waals surface area contributed by atoms with Crippen molar-refractivity contribution in [3.8, 4) is 5.75 Å². The van der Waals surface area contributed by atoms with Gasteiger partial charge >= 0.3 is 6.36 Å². The second-order valence-corrected chi connectivity index (χ2v) is 4.48. The average Bonchev–Trinajstić information content (AvgIpc) is 2.40. The minimum Gasteiger partial charge on any atom is -0.618 e. The molecule has 0 radical (unpaired) electrons. The van der Waals surface area contributed by atoms with Crippen LogP contribution >= 0.6 is 11.6 Å². The molecule has 22 heavy (non-hydrogen) atoms. The number of hydrogen-bond donors (Lipinski definition) is 1. The smallest absolute Gasteiger partial charge is 0.573 e. The number of benzene rings is 1. The predicted molar refractivity (Wildman–Crippen MR) is 71.5 cm³/mol. The van der Waals surface area contributed by atoms with Gasteiger partial charge in [-0.2, -0.15) is 4.73 Å². The zero-order chi connectivity index (χ0) is 16.3. The summed E-state index contributed by atoms with van der Waals surface area (Å²) >= 11 is 5.52. The van der Waals surface area contributed by atoms with Gasteiger partial charge in [0.2, 0.25) is 0 Å². The van der Waals surface area contributed by atoms with E-state index in [1.54, 1.807) is 0 Å². The van der Waals surface area contributed by atoms with Crippen molar-refractivity contribution in [1.82, 2.24) is 0 Å². The number of nitrogens with one attached hydrogen (secondary N) is 1. The molecule has 1 amide bonds. The minimum absolute atomic E-state index is 0.00143. The SMILES string of the molecule is O=C(Nc1cccc(OC(F)(F)F)c1)c1ccc(Cl)[n+]([O-])c1. The second kappa shape index (κ2) is 6.10. The van der Waals surface area contributed by atoms with Crippen molar-refractivity contribution in [2.24, 2.45) is 0 Å². The van der Waals surface area contributed by atoms with Gasteiger partial charge in [-0.1, -0.05) is 6.07 Å². The van der Waals surface area contributed by atoms with E-state index in [9.17, 15) is 23.2 Å². The summed E-state index contributed by atoms with van der Waals surface area (Å²) < 4.78 is 40.4. The van der Waals surface area contributed by atoms with Crippen LogP contribution < -0.4 is 14.8 Å². The molecular weight excluding hydrogens is 325 g/mol. The van der Waals surface area contributed by atoms with Gasteiger partial charge in [-0.25, -0.2) is 0 Å². The molecule has 0 atom stereocenters. The molecule has 0 unspecified atom stereocenters. The summed E-state index contributed by atoms with van der Waals surface area (Å²) in [6.07, 6.45) is -3.87. The van der Waals surface area contributed by atoms with Crippen molar-refractivity contribution in [3.05, 3.63) is 58.5 Å². The van der Waals surface area contributed by atoms with Crippen LogP contribution in [-0.2, 0) is 0 Å². The minimum atomic E-state index is -4.83. The number of ether oxygens (including phenoxy) is 1. The fourth-order valence-electron chi connectivity index (χ4n) is 1.57. The van der Waals surface area contributed by atoms with Crippen LogP contribution in [0.3, 0.4) is 0 Å². The second-order valence-electron chi connectivity index (χ2n) is 4.10. The zero-order valence-corrected chi connectivity index (χ0v) is 11.5. The van der Waals surface area contributed by atoms with E-state index in [-0.39, 0.29) is 16.4 Å². The normalized spacial score (nSPS) is 11.1. The number of carbonyl (C=O) groups excluding carboxylic acids is 1. The van der Waals surface area contributed by atoms with Crippen molar-refractivity contribution in [1.29, 1.82) is 0 Å². The Bertz CT molecular complexity index is 707. The molecular formula is C13H8ClF3N2O3. The highest BCUT2D eigenvalue weighted by Crippen LogP contribution is 2.25. The number of nitrogens with zero attached hydrogens (tertiary/aromatic N) is 1. The topological polar surface area (TPSA) is 65.3 Å². The number of halogens is 4. The maximum absolute atomic E-state index is 12.1. The van der Waals surface area contributed by atoms with Crippen LogP contribution in [-0.4, -0.2) is 12.3 Å². The van der Waals surface area contributed by atoms with E-state index in [4.69, 9.17) is 11.6 Å². The molecule has 0 saturated heterocycles. The van der Waals surface area contributed by atoms with Crippen molar-refractivity contribution in [2.75, 3.05) is 5.32 Å². The summed E-state index contributed by atoms with van der Waals surface area (Å²) in [4.78, 5) is 11.9. The van der Waals surface area contributed by atoms with E-state index in [1.807, 2.05) is 0 Å². The number of rotatable bonds is 3. The first-order chi connectivity index (χ1) is 10.2. The van der Waals surface area contributed by atoms with Crippen molar-refractivity contribution in [3.63, 3.8) is 0 Å². The van der Waals surface area contributed by atoms with Gasteiger partial charge in [0.1, 0.15) is 11.3 Å². The van der Waals surface area contributed by atoms with Crippen LogP contribution in [0.1, 0.15) is 10.4 Å². The number of aromatic nitrogens is 1. The molecule has 1 aromatic carbocycles. The Morgan fingerprint density at radius 1 is 1.27 bits per heavy atom. The Balaban J connectivity index is 2.14. The van der Waals surface area contributed by atoms with Gasteiger partial charge in [0.25, 0.3) is 11.1 Å². The molecule has 5 nitrogen and oxygen atoms in total. The Morgan fingerprint density at radius 3 is 2.64 bits per heavy atom. The third-order valence-corrected chi connectivity index (χ3v) is 2.75. The highest BCUT2D eigenvalue weighted by molar-refractivity contribution is 6.28. The molecule has 0 aliphatic carbocycles. The average molecular weight is 333 g/mol. The Hall–Kier alpha value is -2.48. The lowest BCUT2D eigenvalue weighted by Crippen LogP contribution is -2.29. The van der Waals surface area contributed by atoms with Crippen molar-refractivity contribution >= 4 is 23.2 Å². The van der Waals surface area contributed by atoms with Gasteiger partial charge in [-0.05, 0) is 29.8 Å². The molecule has 0 saturated carbocycles. The highest BCUT2D eigenvalue weighted by Gasteiger charge is 2.31. The maximum Gasteiger partial charge on any atom is 0.573 e. The number of amides is 1. The van der Waals surface area contributed by atoms with Crippen LogP contribution in [0.15, 0.2) is 42.6 Å². The molecule has 0 aliphatic rings. The molecule has 0 aliphatic heterocycles. The molecule has 2 aromatic rings. The summed E-state index contributed by atoms with van der Waals surface area (Å²) in [5, 5.41) is 13.5. The first-order valence-corrected chi connectivity index (χ1v) is 6.18. The van der Waals surface area contributed by atoms with Crippen molar-refractivity contribution < 1.29 is 27.4 Å². The quantitative estimate of drug-likeness (QED) is 0.533. The summed E-state index contributed by atoms with van der Waals surface area (Å²) in [6, 6.07) is 7.30. The fourth-order valence-corrected chi connectivity index (χ4v) is 1.68. The standard InChI is InChI=1S/C13H8ClF3N2O3/c14-11-5-4-8(7-19(11)21)12(20)18-9-2-1-3-10(6-9)22-13(15,16)17/h1-7H,(H,18,20). The summed E-state index contributed by atoms with van der Waals surface area (Å²) in [6.45, 7) is 0. The van der Waals surface area contributed by atoms with Gasteiger partial charge in [0.15, 0.2) is 6.20 Å². The maximum atomic E-state index is 12.1. The molecule has 1 heterocycles. The van der Waals surface area contributed by atoms with Gasteiger partial charge in [0.05, 0.1) is 0 Å². The largest absolute Gasteiger partial charge is 0.618 e. The van der Waals surface area contributed by atoms with Gasteiger partial charge < -0.3 is 15.3 Å². The predicted octanol–water partition coefficient (Wildman–Crippen LogP) is 3.12. The molecule has 0 spiro atoms. The number of carbonyl (C=O) groups is 1. The lowest BCUT2D eigenvalue weighted by Gasteiger charge is -2.10. The van der Waals surface area contributed by atoms with Crippen LogP contribution in [0.25, 0.3) is 0 Å². The molecule has 0 bridgehead atoms. The van der Waals surface area contributed by atoms with Gasteiger partial charge in [-0.3, -0.25) is 4.79 Å². The summed E-state index contributed by atoms with van der Waals surface area (Å²) in [5.74, 6) is -1.15. The van der Waals surface area contributed by atoms with Gasteiger partial charge in [-0.15, -0.1) is 13.2 Å². The van der Waals surface area contributed by atoms with E-state index in [2.05, 4.69) is 10.1 Å². The number of pyridine rings is 1. The van der Waals surface area contributed by atoms with E-state index in [1.165, 1.54) is 24.3 Å². The third kappa shape index (κ3) is 4.26. The first-order valence-electron chi connectivity index (χ1n) is 5.80. The van der Waals surface area contributed by atoms with E-state index >= 15 is 0 Å². The molecule has 9 heteroatoms. The highest BCUT2D eigenvalue weighted by atomic mass is 35.5. The summed E-state index contributed by atoms with van der Waals surface area (Å²) in [5.41, 5.74) is 0.0840. The molecule has 116 valence electrons. The van der Waals surface area contributed by atoms with E-state index < -0.39 is 18.0 Å². The van der Waals surface area contributed by atoms with Crippen LogP contribution in [0, 0.1) is 5.21 Å². The van der Waals surface area contributed by atoms with Gasteiger partial charge in [0, 0.05) is 17.8 Å². The molecule has 0 fully saturated rings. The monoisotopic (exact) mass is 332 g/mol. The summed E-state index contributed by atoms with van der Waals surface area (Å²) in [7, 11) is 0. The van der Waals surface area contributed by atoms with E-state index in [0.717, 1.165) is 18.3 Å². The number of anilines is 1. The molecule has 1 N–H and O–H groups in total.